The van der Waals surface area contributed by atoms with Gasteiger partial charge in [0.25, 0.3) is 0 Å². The molecule has 1 aliphatic rings. The predicted octanol–water partition coefficient (Wildman–Crippen LogP) is 1.87. The van der Waals surface area contributed by atoms with Crippen molar-refractivity contribution in [1.82, 2.24) is 10.2 Å². The molecular formula is C13H28N2O. The summed E-state index contributed by atoms with van der Waals surface area (Å²) in [4.78, 5) is 2.54. The summed E-state index contributed by atoms with van der Waals surface area (Å²) in [5.41, 5.74) is 0.236. The van der Waals surface area contributed by atoms with Crippen molar-refractivity contribution >= 4 is 0 Å². The summed E-state index contributed by atoms with van der Waals surface area (Å²) in [6.07, 6.45) is 2.86. The van der Waals surface area contributed by atoms with Crippen molar-refractivity contribution in [2.45, 2.75) is 58.2 Å². The molecule has 3 nitrogen and oxygen atoms in total. The lowest BCUT2D eigenvalue weighted by atomic mass is 10.1. The summed E-state index contributed by atoms with van der Waals surface area (Å²) in [7, 11) is 1.82. The number of rotatable bonds is 5. The molecule has 1 rings (SSSR count). The van der Waals surface area contributed by atoms with E-state index in [-0.39, 0.29) is 5.54 Å². The first-order valence-electron chi connectivity index (χ1n) is 6.44. The van der Waals surface area contributed by atoms with Crippen LogP contribution in [0.2, 0.25) is 0 Å². The van der Waals surface area contributed by atoms with Crippen LogP contribution >= 0.6 is 0 Å². The van der Waals surface area contributed by atoms with Gasteiger partial charge in [0.2, 0.25) is 0 Å². The van der Waals surface area contributed by atoms with E-state index >= 15 is 0 Å². The summed E-state index contributed by atoms with van der Waals surface area (Å²) in [6.45, 7) is 12.4. The van der Waals surface area contributed by atoms with E-state index in [1.54, 1.807) is 0 Å². The summed E-state index contributed by atoms with van der Waals surface area (Å²) in [5.74, 6) is 0. The zero-order valence-electron chi connectivity index (χ0n) is 11.5. The zero-order valence-corrected chi connectivity index (χ0v) is 11.5. The molecule has 1 aliphatic heterocycles. The van der Waals surface area contributed by atoms with Gasteiger partial charge in [-0.15, -0.1) is 0 Å². The van der Waals surface area contributed by atoms with Gasteiger partial charge in [0, 0.05) is 31.8 Å². The molecule has 0 spiro atoms. The van der Waals surface area contributed by atoms with Crippen LogP contribution in [0.4, 0.5) is 0 Å². The minimum absolute atomic E-state index is 0.236. The molecule has 0 amide bonds. The third kappa shape index (κ3) is 4.81. The Hall–Kier alpha value is -0.120. The fraction of sp³-hybridized carbons (Fsp3) is 1.00. The highest BCUT2D eigenvalue weighted by molar-refractivity contribution is 4.81. The Bertz CT molecular complexity index is 201. The van der Waals surface area contributed by atoms with Gasteiger partial charge in [-0.3, -0.25) is 4.90 Å². The first-order valence-corrected chi connectivity index (χ1v) is 6.44. The average Bonchev–Trinajstić information content (AvgIpc) is 2.63. The molecule has 0 aromatic heterocycles. The van der Waals surface area contributed by atoms with Crippen LogP contribution in [0.15, 0.2) is 0 Å². The van der Waals surface area contributed by atoms with E-state index in [2.05, 4.69) is 37.9 Å². The van der Waals surface area contributed by atoms with Crippen molar-refractivity contribution in [2.75, 3.05) is 26.7 Å². The van der Waals surface area contributed by atoms with Crippen molar-refractivity contribution in [2.24, 2.45) is 0 Å². The molecule has 0 bridgehead atoms. The van der Waals surface area contributed by atoms with Crippen LogP contribution in [0, 0.1) is 0 Å². The molecule has 0 aliphatic carbocycles. The second kappa shape index (κ2) is 5.99. The minimum Gasteiger partial charge on any atom is -0.380 e. The Morgan fingerprint density at radius 3 is 2.62 bits per heavy atom. The highest BCUT2D eigenvalue weighted by Crippen LogP contribution is 2.16. The zero-order chi connectivity index (χ0) is 12.2. The van der Waals surface area contributed by atoms with Crippen molar-refractivity contribution in [3.05, 3.63) is 0 Å². The van der Waals surface area contributed by atoms with E-state index < -0.39 is 0 Å². The van der Waals surface area contributed by atoms with Gasteiger partial charge < -0.3 is 10.1 Å². The quantitative estimate of drug-likeness (QED) is 0.777. The van der Waals surface area contributed by atoms with Crippen LogP contribution in [0.1, 0.15) is 40.5 Å². The molecular weight excluding hydrogens is 200 g/mol. The second-order valence-corrected chi connectivity index (χ2v) is 5.96. The molecule has 1 saturated heterocycles. The topological polar surface area (TPSA) is 24.5 Å². The Labute approximate surface area is 101 Å². The second-order valence-electron chi connectivity index (χ2n) is 5.96. The number of nitrogens with zero attached hydrogens (tertiary/aromatic N) is 1. The fourth-order valence-electron chi connectivity index (χ4n) is 2.19. The van der Waals surface area contributed by atoms with E-state index in [0.717, 1.165) is 13.1 Å². The maximum absolute atomic E-state index is 5.39. The summed E-state index contributed by atoms with van der Waals surface area (Å²) >= 11 is 0. The molecule has 1 N–H and O–H groups in total. The molecule has 1 fully saturated rings. The van der Waals surface area contributed by atoms with Crippen molar-refractivity contribution in [1.29, 1.82) is 0 Å². The lowest BCUT2D eigenvalue weighted by Crippen LogP contribution is -2.40. The van der Waals surface area contributed by atoms with Crippen LogP contribution in [0.3, 0.4) is 0 Å². The van der Waals surface area contributed by atoms with Gasteiger partial charge >= 0.3 is 0 Å². The monoisotopic (exact) mass is 228 g/mol. The molecule has 0 radical (unpaired) electrons. The molecule has 0 saturated carbocycles. The lowest BCUT2D eigenvalue weighted by molar-refractivity contribution is 0.101. The predicted molar refractivity (Wildman–Crippen MR) is 68.8 cm³/mol. The van der Waals surface area contributed by atoms with Crippen LogP contribution in [-0.2, 0) is 4.74 Å². The lowest BCUT2D eigenvalue weighted by Gasteiger charge is -2.26. The third-order valence-corrected chi connectivity index (χ3v) is 3.35. The standard InChI is InChI=1S/C13H28N2O/c1-11(6-8-14-13(2,3)4)15-9-7-12(10-15)16-5/h11-12,14H,6-10H2,1-5H3. The largest absolute Gasteiger partial charge is 0.380 e. The molecule has 16 heavy (non-hydrogen) atoms. The van der Waals surface area contributed by atoms with E-state index in [0.29, 0.717) is 12.1 Å². The fourth-order valence-corrected chi connectivity index (χ4v) is 2.19. The third-order valence-electron chi connectivity index (χ3n) is 3.35. The summed E-state index contributed by atoms with van der Waals surface area (Å²) < 4.78 is 5.39. The van der Waals surface area contributed by atoms with Crippen LogP contribution in [0.5, 0.6) is 0 Å². The molecule has 3 heteroatoms. The number of methoxy groups -OCH3 is 1. The maximum atomic E-state index is 5.39. The van der Waals surface area contributed by atoms with E-state index in [4.69, 9.17) is 4.74 Å². The Morgan fingerprint density at radius 1 is 1.44 bits per heavy atom. The van der Waals surface area contributed by atoms with Crippen molar-refractivity contribution in [3.8, 4) is 0 Å². The number of likely N-dealkylation sites (tertiary alicyclic amines) is 1. The van der Waals surface area contributed by atoms with Gasteiger partial charge in [0.15, 0.2) is 0 Å². The Kier molecular flexibility index (Phi) is 5.22. The SMILES string of the molecule is COC1CCN(C(C)CCNC(C)(C)C)C1. The maximum Gasteiger partial charge on any atom is 0.0710 e. The number of ether oxygens (including phenoxy) is 1. The Balaban J connectivity index is 2.18. The minimum atomic E-state index is 0.236. The van der Waals surface area contributed by atoms with Crippen LogP contribution in [-0.4, -0.2) is 49.3 Å². The first-order chi connectivity index (χ1) is 7.42. The van der Waals surface area contributed by atoms with Gasteiger partial charge in [-0.1, -0.05) is 0 Å². The molecule has 0 aromatic carbocycles. The highest BCUT2D eigenvalue weighted by atomic mass is 16.5. The number of hydrogen-bond donors (Lipinski definition) is 1. The molecule has 2 atom stereocenters. The molecule has 1 heterocycles. The number of nitrogens with one attached hydrogen (secondary N) is 1. The smallest absolute Gasteiger partial charge is 0.0710 e. The highest BCUT2D eigenvalue weighted by Gasteiger charge is 2.25. The van der Waals surface area contributed by atoms with E-state index in [1.807, 2.05) is 7.11 Å². The van der Waals surface area contributed by atoms with Crippen molar-refractivity contribution < 1.29 is 4.74 Å². The normalized spacial score (nSPS) is 24.9. The molecule has 0 aromatic rings. The van der Waals surface area contributed by atoms with Gasteiger partial charge in [-0.05, 0) is 47.1 Å². The van der Waals surface area contributed by atoms with Crippen LogP contribution < -0.4 is 5.32 Å². The van der Waals surface area contributed by atoms with E-state index in [9.17, 15) is 0 Å². The first kappa shape index (κ1) is 13.9. The van der Waals surface area contributed by atoms with Gasteiger partial charge in [0.05, 0.1) is 6.10 Å². The van der Waals surface area contributed by atoms with Crippen LogP contribution in [0.25, 0.3) is 0 Å². The van der Waals surface area contributed by atoms with Gasteiger partial charge in [-0.2, -0.15) is 0 Å². The van der Waals surface area contributed by atoms with Gasteiger partial charge in [-0.25, -0.2) is 0 Å². The molecule has 96 valence electrons. The number of hydrogen-bond acceptors (Lipinski definition) is 3. The van der Waals surface area contributed by atoms with Crippen molar-refractivity contribution in [3.63, 3.8) is 0 Å². The average molecular weight is 228 g/mol. The summed E-state index contributed by atoms with van der Waals surface area (Å²) in [5, 5.41) is 3.54. The van der Waals surface area contributed by atoms with Gasteiger partial charge in [0.1, 0.15) is 0 Å². The Morgan fingerprint density at radius 2 is 2.12 bits per heavy atom. The van der Waals surface area contributed by atoms with E-state index in [1.165, 1.54) is 19.4 Å². The summed E-state index contributed by atoms with van der Waals surface area (Å²) in [6, 6.07) is 0.662. The molecule has 2 unspecified atom stereocenters.